The van der Waals surface area contributed by atoms with E-state index in [-0.39, 0.29) is 17.7 Å². The van der Waals surface area contributed by atoms with Gasteiger partial charge in [0.2, 0.25) is 5.91 Å². The third kappa shape index (κ3) is 3.71. The molecular weight excluding hydrogens is 304 g/mol. The quantitative estimate of drug-likeness (QED) is 0.868. The fourth-order valence-electron chi connectivity index (χ4n) is 2.84. The van der Waals surface area contributed by atoms with Crippen molar-refractivity contribution in [3.05, 3.63) is 59.9 Å². The van der Waals surface area contributed by atoms with E-state index in [4.69, 9.17) is 5.73 Å². The number of benzene rings is 1. The minimum Gasteiger partial charge on any atom is -0.371 e. The second kappa shape index (κ2) is 7.12. The first-order chi connectivity index (χ1) is 11.6. The zero-order chi connectivity index (χ0) is 16.9. The minimum absolute atomic E-state index is 0.131. The summed E-state index contributed by atoms with van der Waals surface area (Å²) in [5.74, 6) is -0.618. The zero-order valence-corrected chi connectivity index (χ0v) is 13.3. The van der Waals surface area contributed by atoms with Gasteiger partial charge < -0.3 is 16.0 Å². The Balaban J connectivity index is 1.64. The molecule has 124 valence electrons. The van der Waals surface area contributed by atoms with Gasteiger partial charge in [-0.25, -0.2) is 0 Å². The Morgan fingerprint density at radius 2 is 2.04 bits per heavy atom. The highest BCUT2D eigenvalue weighted by Gasteiger charge is 2.27. The number of aromatic nitrogens is 1. The van der Waals surface area contributed by atoms with Crippen molar-refractivity contribution < 1.29 is 9.59 Å². The van der Waals surface area contributed by atoms with E-state index in [1.54, 1.807) is 12.3 Å². The predicted molar refractivity (Wildman–Crippen MR) is 91.4 cm³/mol. The van der Waals surface area contributed by atoms with Crippen molar-refractivity contribution in [1.29, 1.82) is 0 Å². The maximum absolute atomic E-state index is 12.3. The van der Waals surface area contributed by atoms with Crippen molar-refractivity contribution in [2.75, 3.05) is 18.0 Å². The summed E-state index contributed by atoms with van der Waals surface area (Å²) in [6, 6.07) is 13.3. The highest BCUT2D eigenvalue weighted by atomic mass is 16.2. The van der Waals surface area contributed by atoms with E-state index in [1.165, 1.54) is 0 Å². The minimum atomic E-state index is -0.271. The Kier molecular flexibility index (Phi) is 4.74. The summed E-state index contributed by atoms with van der Waals surface area (Å²) >= 11 is 0. The highest BCUT2D eigenvalue weighted by molar-refractivity contribution is 5.93. The number of primary amides is 1. The Bertz CT molecular complexity index is 733. The number of carbonyl (C=O) groups is 2. The van der Waals surface area contributed by atoms with Crippen LogP contribution in [0.3, 0.4) is 0 Å². The molecule has 1 saturated heterocycles. The van der Waals surface area contributed by atoms with E-state index < -0.39 is 0 Å². The number of anilines is 1. The first-order valence-corrected chi connectivity index (χ1v) is 7.96. The van der Waals surface area contributed by atoms with Crippen LogP contribution in [0, 0.1) is 5.92 Å². The van der Waals surface area contributed by atoms with Crippen LogP contribution >= 0.6 is 0 Å². The van der Waals surface area contributed by atoms with Crippen LogP contribution < -0.4 is 16.0 Å². The molecule has 0 saturated carbocycles. The summed E-state index contributed by atoms with van der Waals surface area (Å²) in [5.41, 5.74) is 7.66. The Morgan fingerprint density at radius 1 is 1.25 bits per heavy atom. The van der Waals surface area contributed by atoms with E-state index in [2.05, 4.69) is 15.2 Å². The van der Waals surface area contributed by atoms with Gasteiger partial charge >= 0.3 is 0 Å². The fraction of sp³-hybridized carbons (Fsp3) is 0.278. The summed E-state index contributed by atoms with van der Waals surface area (Å²) in [4.78, 5) is 29.8. The second-order valence-corrected chi connectivity index (χ2v) is 5.90. The molecule has 0 bridgehead atoms. The molecule has 0 radical (unpaired) electrons. The van der Waals surface area contributed by atoms with Gasteiger partial charge in [-0.3, -0.25) is 14.6 Å². The number of amides is 2. The molecule has 24 heavy (non-hydrogen) atoms. The largest absolute Gasteiger partial charge is 0.371 e. The van der Waals surface area contributed by atoms with Gasteiger partial charge in [0.15, 0.2) is 0 Å². The van der Waals surface area contributed by atoms with Crippen molar-refractivity contribution in [2.24, 2.45) is 11.7 Å². The Labute approximate surface area is 140 Å². The van der Waals surface area contributed by atoms with Crippen LogP contribution in [0.5, 0.6) is 0 Å². The van der Waals surface area contributed by atoms with Gasteiger partial charge in [-0.15, -0.1) is 0 Å². The van der Waals surface area contributed by atoms with E-state index in [9.17, 15) is 9.59 Å². The van der Waals surface area contributed by atoms with Crippen molar-refractivity contribution in [3.63, 3.8) is 0 Å². The third-order valence-corrected chi connectivity index (χ3v) is 4.23. The molecule has 0 unspecified atom stereocenters. The van der Waals surface area contributed by atoms with Crippen LogP contribution in [0.1, 0.15) is 22.5 Å². The molecule has 2 amide bonds. The molecule has 2 heterocycles. The van der Waals surface area contributed by atoms with Gasteiger partial charge in [-0.2, -0.15) is 0 Å². The average Bonchev–Trinajstić information content (AvgIpc) is 3.11. The number of nitrogens with one attached hydrogen (secondary N) is 1. The molecule has 1 fully saturated rings. The molecule has 3 rings (SSSR count). The maximum Gasteiger partial charge on any atom is 0.270 e. The predicted octanol–water partition coefficient (Wildman–Crippen LogP) is 1.32. The number of rotatable bonds is 5. The number of hydrogen-bond acceptors (Lipinski definition) is 4. The lowest BCUT2D eigenvalue weighted by Gasteiger charge is -2.18. The SMILES string of the molecule is NC(=O)[C@@H]1CCN(c2ccnc(C(=O)NCc3ccccc3)c2)C1. The fourth-order valence-corrected chi connectivity index (χ4v) is 2.84. The van der Waals surface area contributed by atoms with Crippen molar-refractivity contribution in [1.82, 2.24) is 10.3 Å². The van der Waals surface area contributed by atoms with Crippen LogP contribution in [-0.2, 0) is 11.3 Å². The van der Waals surface area contributed by atoms with Crippen LogP contribution in [0.15, 0.2) is 48.7 Å². The summed E-state index contributed by atoms with van der Waals surface area (Å²) in [6.45, 7) is 1.80. The van der Waals surface area contributed by atoms with Gasteiger partial charge in [0.1, 0.15) is 5.69 Å². The van der Waals surface area contributed by atoms with Crippen molar-refractivity contribution >= 4 is 17.5 Å². The van der Waals surface area contributed by atoms with Crippen molar-refractivity contribution in [2.45, 2.75) is 13.0 Å². The molecule has 1 atom stereocenters. The lowest BCUT2D eigenvalue weighted by atomic mass is 10.1. The first kappa shape index (κ1) is 16.0. The summed E-state index contributed by atoms with van der Waals surface area (Å²) in [7, 11) is 0. The number of pyridine rings is 1. The lowest BCUT2D eigenvalue weighted by molar-refractivity contribution is -0.121. The maximum atomic E-state index is 12.3. The van der Waals surface area contributed by atoms with Gasteiger partial charge in [-0.05, 0) is 24.1 Å². The molecule has 1 aliphatic heterocycles. The highest BCUT2D eigenvalue weighted by Crippen LogP contribution is 2.23. The molecular formula is C18H20N4O2. The average molecular weight is 324 g/mol. The Hall–Kier alpha value is -2.89. The van der Waals surface area contributed by atoms with E-state index in [1.807, 2.05) is 36.4 Å². The summed E-state index contributed by atoms with van der Waals surface area (Å²) < 4.78 is 0. The lowest BCUT2D eigenvalue weighted by Crippen LogP contribution is -2.28. The number of carbonyl (C=O) groups excluding carboxylic acids is 2. The molecule has 1 aromatic heterocycles. The van der Waals surface area contributed by atoms with Gasteiger partial charge in [0, 0.05) is 31.5 Å². The molecule has 1 aliphatic rings. The monoisotopic (exact) mass is 324 g/mol. The van der Waals surface area contributed by atoms with E-state index in [0.717, 1.165) is 24.2 Å². The van der Waals surface area contributed by atoms with Gasteiger partial charge in [0.05, 0.1) is 5.92 Å². The molecule has 6 heteroatoms. The molecule has 3 N–H and O–H groups in total. The zero-order valence-electron chi connectivity index (χ0n) is 13.3. The normalized spacial score (nSPS) is 16.8. The van der Waals surface area contributed by atoms with Crippen LogP contribution in [0.25, 0.3) is 0 Å². The van der Waals surface area contributed by atoms with Gasteiger partial charge in [-0.1, -0.05) is 30.3 Å². The third-order valence-electron chi connectivity index (χ3n) is 4.23. The van der Waals surface area contributed by atoms with Crippen LogP contribution in [0.4, 0.5) is 5.69 Å². The topological polar surface area (TPSA) is 88.3 Å². The van der Waals surface area contributed by atoms with Gasteiger partial charge in [0.25, 0.3) is 5.91 Å². The smallest absolute Gasteiger partial charge is 0.270 e. The molecule has 6 nitrogen and oxygen atoms in total. The molecule has 2 aromatic rings. The summed E-state index contributed by atoms with van der Waals surface area (Å²) in [5, 5.41) is 2.87. The number of nitrogens with zero attached hydrogens (tertiary/aromatic N) is 2. The summed E-state index contributed by atoms with van der Waals surface area (Å²) in [6.07, 6.45) is 2.36. The Morgan fingerprint density at radius 3 is 2.75 bits per heavy atom. The molecule has 0 spiro atoms. The first-order valence-electron chi connectivity index (χ1n) is 7.96. The standard InChI is InChI=1S/C18H20N4O2/c19-17(23)14-7-9-22(12-14)15-6-8-20-16(10-15)18(24)21-11-13-4-2-1-3-5-13/h1-6,8,10,14H,7,9,11-12H2,(H2,19,23)(H,21,24)/t14-/m1/s1. The van der Waals surface area contributed by atoms with E-state index >= 15 is 0 Å². The van der Waals surface area contributed by atoms with Crippen molar-refractivity contribution in [3.8, 4) is 0 Å². The van der Waals surface area contributed by atoms with E-state index in [0.29, 0.717) is 18.8 Å². The van der Waals surface area contributed by atoms with Crippen LogP contribution in [0.2, 0.25) is 0 Å². The molecule has 0 aliphatic carbocycles. The number of nitrogens with two attached hydrogens (primary N) is 1. The second-order valence-electron chi connectivity index (χ2n) is 5.90. The molecule has 1 aromatic carbocycles. The number of hydrogen-bond donors (Lipinski definition) is 2. The van der Waals surface area contributed by atoms with Crippen LogP contribution in [-0.4, -0.2) is 29.9 Å².